The normalized spacial score (nSPS) is 10.9. The quantitative estimate of drug-likeness (QED) is 0.867. The second-order valence-electron chi connectivity index (χ2n) is 4.68. The molecule has 0 aliphatic rings. The highest BCUT2D eigenvalue weighted by Gasteiger charge is 2.08. The number of hydrogen-bond acceptors (Lipinski definition) is 5. The molecule has 2 rings (SSSR count). The third-order valence-electron chi connectivity index (χ3n) is 2.68. The molecule has 0 saturated carbocycles. The van der Waals surface area contributed by atoms with Crippen LogP contribution in [0.15, 0.2) is 29.2 Å². The van der Waals surface area contributed by atoms with Crippen LogP contribution in [0.2, 0.25) is 0 Å². The molecule has 0 aliphatic heterocycles. The van der Waals surface area contributed by atoms with E-state index in [1.807, 2.05) is 26.0 Å². The van der Waals surface area contributed by atoms with Crippen molar-refractivity contribution in [2.75, 3.05) is 5.73 Å². The molecule has 19 heavy (non-hydrogen) atoms. The first-order valence-corrected chi connectivity index (χ1v) is 7.23. The third-order valence-corrected chi connectivity index (χ3v) is 3.85. The molecule has 4 nitrogen and oxygen atoms in total. The van der Waals surface area contributed by atoms with E-state index < -0.39 is 0 Å². The number of hydrogen-bond donors (Lipinski definition) is 1. The number of aryl methyl sites for hydroxylation is 1. The Morgan fingerprint density at radius 3 is 2.58 bits per heavy atom. The van der Waals surface area contributed by atoms with Gasteiger partial charge in [0.15, 0.2) is 0 Å². The lowest BCUT2D eigenvalue weighted by Crippen LogP contribution is -2.07. The summed E-state index contributed by atoms with van der Waals surface area (Å²) in [6.07, 6.45) is 0. The number of nitrogens with two attached hydrogens (primary N) is 1. The SMILES string of the molecule is Cc1ccccc1SCc1nc(N)nc(C(C)C)n1. The van der Waals surface area contributed by atoms with Crippen LogP contribution >= 0.6 is 11.8 Å². The molecule has 5 heteroatoms. The molecule has 0 aliphatic carbocycles. The Morgan fingerprint density at radius 2 is 1.89 bits per heavy atom. The number of aromatic nitrogens is 3. The van der Waals surface area contributed by atoms with Gasteiger partial charge < -0.3 is 5.73 Å². The minimum absolute atomic E-state index is 0.257. The van der Waals surface area contributed by atoms with Gasteiger partial charge in [0.2, 0.25) is 5.95 Å². The fourth-order valence-corrected chi connectivity index (χ4v) is 2.52. The zero-order chi connectivity index (χ0) is 13.8. The van der Waals surface area contributed by atoms with Crippen LogP contribution in [0.25, 0.3) is 0 Å². The van der Waals surface area contributed by atoms with Crippen LogP contribution in [0.1, 0.15) is 37.0 Å². The zero-order valence-electron chi connectivity index (χ0n) is 11.4. The molecular weight excluding hydrogens is 256 g/mol. The van der Waals surface area contributed by atoms with Gasteiger partial charge in [0, 0.05) is 10.8 Å². The van der Waals surface area contributed by atoms with Gasteiger partial charge in [-0.2, -0.15) is 9.97 Å². The number of rotatable bonds is 4. The van der Waals surface area contributed by atoms with Gasteiger partial charge in [-0.05, 0) is 18.6 Å². The second kappa shape index (κ2) is 6.02. The van der Waals surface area contributed by atoms with Crippen LogP contribution in [-0.2, 0) is 5.75 Å². The molecular formula is C14H18N4S. The number of benzene rings is 1. The van der Waals surface area contributed by atoms with Crippen LogP contribution in [-0.4, -0.2) is 15.0 Å². The Labute approximate surface area is 117 Å². The molecule has 0 atom stereocenters. The lowest BCUT2D eigenvalue weighted by Gasteiger charge is -2.08. The number of nitrogens with zero attached hydrogens (tertiary/aromatic N) is 3. The predicted molar refractivity (Wildman–Crippen MR) is 79.1 cm³/mol. The number of thioether (sulfide) groups is 1. The van der Waals surface area contributed by atoms with Crippen molar-refractivity contribution in [3.8, 4) is 0 Å². The maximum absolute atomic E-state index is 5.72. The summed E-state index contributed by atoms with van der Waals surface area (Å²) in [5.74, 6) is 2.76. The van der Waals surface area contributed by atoms with Crippen molar-refractivity contribution < 1.29 is 0 Å². The number of nitrogen functional groups attached to an aromatic ring is 1. The summed E-state index contributed by atoms with van der Waals surface area (Å²) in [4.78, 5) is 14.0. The first kappa shape index (κ1) is 13.8. The van der Waals surface area contributed by atoms with E-state index in [2.05, 4.69) is 34.0 Å². The van der Waals surface area contributed by atoms with E-state index in [1.165, 1.54) is 10.5 Å². The van der Waals surface area contributed by atoms with Gasteiger partial charge in [0.05, 0.1) is 5.75 Å². The first-order chi connectivity index (χ1) is 9.06. The summed E-state index contributed by atoms with van der Waals surface area (Å²) in [5.41, 5.74) is 6.99. The van der Waals surface area contributed by atoms with Gasteiger partial charge in [-0.3, -0.25) is 0 Å². The van der Waals surface area contributed by atoms with E-state index in [0.717, 1.165) is 11.6 Å². The van der Waals surface area contributed by atoms with Gasteiger partial charge in [-0.25, -0.2) is 4.98 Å². The smallest absolute Gasteiger partial charge is 0.223 e. The van der Waals surface area contributed by atoms with E-state index in [9.17, 15) is 0 Å². The molecule has 2 N–H and O–H groups in total. The minimum Gasteiger partial charge on any atom is -0.368 e. The summed E-state index contributed by atoms with van der Waals surface area (Å²) in [5, 5.41) is 0. The van der Waals surface area contributed by atoms with Crippen LogP contribution in [0.4, 0.5) is 5.95 Å². The molecule has 0 fully saturated rings. The van der Waals surface area contributed by atoms with Crippen LogP contribution in [0.3, 0.4) is 0 Å². The van der Waals surface area contributed by atoms with E-state index >= 15 is 0 Å². The van der Waals surface area contributed by atoms with E-state index in [1.54, 1.807) is 11.8 Å². The lowest BCUT2D eigenvalue weighted by molar-refractivity contribution is 0.749. The van der Waals surface area contributed by atoms with E-state index in [4.69, 9.17) is 5.73 Å². The molecule has 100 valence electrons. The van der Waals surface area contributed by atoms with Crippen molar-refractivity contribution >= 4 is 17.7 Å². The zero-order valence-corrected chi connectivity index (χ0v) is 12.2. The maximum atomic E-state index is 5.72. The van der Waals surface area contributed by atoms with Gasteiger partial charge in [-0.15, -0.1) is 11.8 Å². The topological polar surface area (TPSA) is 64.7 Å². The minimum atomic E-state index is 0.257. The van der Waals surface area contributed by atoms with Crippen molar-refractivity contribution in [2.45, 2.75) is 37.3 Å². The molecule has 0 amide bonds. The lowest BCUT2D eigenvalue weighted by atomic mass is 10.2. The standard InChI is InChI=1S/C14H18N4S/c1-9(2)13-16-12(17-14(15)18-13)8-19-11-7-5-4-6-10(11)3/h4-7,9H,8H2,1-3H3,(H2,15,16,17,18). The summed E-state index contributed by atoms with van der Waals surface area (Å²) >= 11 is 1.72. The average molecular weight is 274 g/mol. The summed E-state index contributed by atoms with van der Waals surface area (Å²) < 4.78 is 0. The average Bonchev–Trinajstić information content (AvgIpc) is 2.37. The fourth-order valence-electron chi connectivity index (χ4n) is 1.64. The molecule has 0 spiro atoms. The van der Waals surface area contributed by atoms with Gasteiger partial charge in [0.25, 0.3) is 0 Å². The Balaban J connectivity index is 2.14. The summed E-state index contributed by atoms with van der Waals surface area (Å²) in [6, 6.07) is 8.28. The second-order valence-corrected chi connectivity index (χ2v) is 5.69. The molecule has 1 heterocycles. The Morgan fingerprint density at radius 1 is 1.16 bits per heavy atom. The largest absolute Gasteiger partial charge is 0.368 e. The first-order valence-electron chi connectivity index (χ1n) is 6.25. The van der Waals surface area contributed by atoms with E-state index in [0.29, 0.717) is 11.7 Å². The van der Waals surface area contributed by atoms with E-state index in [-0.39, 0.29) is 5.92 Å². The van der Waals surface area contributed by atoms with Crippen molar-refractivity contribution in [3.05, 3.63) is 41.5 Å². The Kier molecular flexibility index (Phi) is 4.37. The predicted octanol–water partition coefficient (Wildman–Crippen LogP) is 3.18. The molecule has 2 aromatic rings. The van der Waals surface area contributed by atoms with Crippen molar-refractivity contribution in [1.29, 1.82) is 0 Å². The van der Waals surface area contributed by atoms with Crippen molar-refractivity contribution in [2.24, 2.45) is 0 Å². The fraction of sp³-hybridized carbons (Fsp3) is 0.357. The highest BCUT2D eigenvalue weighted by molar-refractivity contribution is 7.98. The molecule has 0 bridgehead atoms. The van der Waals surface area contributed by atoms with Crippen LogP contribution < -0.4 is 5.73 Å². The van der Waals surface area contributed by atoms with Gasteiger partial charge in [-0.1, -0.05) is 32.0 Å². The van der Waals surface area contributed by atoms with Crippen molar-refractivity contribution in [1.82, 2.24) is 15.0 Å². The van der Waals surface area contributed by atoms with Crippen LogP contribution in [0.5, 0.6) is 0 Å². The molecule has 0 unspecified atom stereocenters. The Hall–Kier alpha value is -1.62. The molecule has 1 aromatic heterocycles. The van der Waals surface area contributed by atoms with Crippen LogP contribution in [0, 0.1) is 6.92 Å². The third kappa shape index (κ3) is 3.67. The molecule has 0 radical (unpaired) electrons. The Bertz CT molecular complexity index is 569. The maximum Gasteiger partial charge on any atom is 0.223 e. The van der Waals surface area contributed by atoms with Gasteiger partial charge in [0.1, 0.15) is 11.6 Å². The molecule has 1 aromatic carbocycles. The monoisotopic (exact) mass is 274 g/mol. The number of anilines is 1. The summed E-state index contributed by atoms with van der Waals surface area (Å²) in [7, 11) is 0. The highest BCUT2D eigenvalue weighted by Crippen LogP contribution is 2.25. The van der Waals surface area contributed by atoms with Crippen molar-refractivity contribution in [3.63, 3.8) is 0 Å². The molecule has 0 saturated heterocycles. The summed E-state index contributed by atoms with van der Waals surface area (Å²) in [6.45, 7) is 6.20. The van der Waals surface area contributed by atoms with Gasteiger partial charge >= 0.3 is 0 Å². The highest BCUT2D eigenvalue weighted by atomic mass is 32.2.